The predicted molar refractivity (Wildman–Crippen MR) is 89.9 cm³/mol. The maximum absolute atomic E-state index is 3.69. The predicted octanol–water partition coefficient (Wildman–Crippen LogP) is 5.62. The first-order valence-electron chi connectivity index (χ1n) is 6.85. The van der Waals surface area contributed by atoms with Gasteiger partial charge in [0.05, 0.1) is 8.07 Å². The Bertz CT molecular complexity index is 620. The van der Waals surface area contributed by atoms with E-state index in [1.807, 2.05) is 0 Å². The van der Waals surface area contributed by atoms with Gasteiger partial charge in [0, 0.05) is 10.0 Å². The van der Waals surface area contributed by atoms with Gasteiger partial charge in [-0.2, -0.15) is 0 Å². The molecule has 98 valence electrons. The number of hydrogen-bond acceptors (Lipinski definition) is 0. The molecule has 0 heterocycles. The first-order valence-corrected chi connectivity index (χ1v) is 10.7. The first-order chi connectivity index (χ1) is 9.01. The molecule has 0 aliphatic heterocycles. The normalized spacial score (nSPS) is 21.4. The molecule has 0 bridgehead atoms. The minimum Gasteiger partial charge on any atom is -0.0815 e. The number of halogens is 1. The lowest BCUT2D eigenvalue weighted by Crippen LogP contribution is -2.36. The van der Waals surface area contributed by atoms with Crippen LogP contribution in [0, 0.1) is 0 Å². The molecule has 2 aliphatic carbocycles. The Balaban J connectivity index is 2.11. The monoisotopic (exact) mass is 330 g/mol. The molecular formula is C17H19BrSi. The van der Waals surface area contributed by atoms with Gasteiger partial charge < -0.3 is 0 Å². The SMILES string of the molecule is CC1=Cc2c(Br)cccc2C1[Si](C)(C)C1=CCC=C1. The van der Waals surface area contributed by atoms with Gasteiger partial charge >= 0.3 is 0 Å². The largest absolute Gasteiger partial charge is 0.0918 e. The Morgan fingerprint density at radius 2 is 2.05 bits per heavy atom. The second-order valence-corrected chi connectivity index (χ2v) is 11.5. The molecule has 0 radical (unpaired) electrons. The Morgan fingerprint density at radius 3 is 2.74 bits per heavy atom. The van der Waals surface area contributed by atoms with Crippen molar-refractivity contribution in [2.45, 2.75) is 32.0 Å². The van der Waals surface area contributed by atoms with E-state index in [-0.39, 0.29) is 0 Å². The highest BCUT2D eigenvalue weighted by Crippen LogP contribution is 2.47. The van der Waals surface area contributed by atoms with E-state index >= 15 is 0 Å². The summed E-state index contributed by atoms with van der Waals surface area (Å²) in [5.74, 6) is 0. The van der Waals surface area contributed by atoms with Gasteiger partial charge in [-0.25, -0.2) is 0 Å². The van der Waals surface area contributed by atoms with Crippen LogP contribution in [0.3, 0.4) is 0 Å². The van der Waals surface area contributed by atoms with Crippen molar-refractivity contribution >= 4 is 30.1 Å². The van der Waals surface area contributed by atoms with Crippen molar-refractivity contribution in [3.05, 3.63) is 62.8 Å². The van der Waals surface area contributed by atoms with Crippen LogP contribution in [0.5, 0.6) is 0 Å². The summed E-state index contributed by atoms with van der Waals surface area (Å²) in [7, 11) is -1.49. The summed E-state index contributed by atoms with van der Waals surface area (Å²) < 4.78 is 1.23. The third kappa shape index (κ3) is 2.02. The van der Waals surface area contributed by atoms with Crippen molar-refractivity contribution in [3.63, 3.8) is 0 Å². The lowest BCUT2D eigenvalue weighted by atomic mass is 10.1. The molecule has 1 aromatic rings. The van der Waals surface area contributed by atoms with Crippen molar-refractivity contribution in [3.8, 4) is 0 Å². The van der Waals surface area contributed by atoms with Gasteiger partial charge in [-0.15, -0.1) is 0 Å². The molecule has 0 N–H and O–H groups in total. The highest BCUT2D eigenvalue weighted by Gasteiger charge is 2.40. The summed E-state index contributed by atoms with van der Waals surface area (Å²) in [6.45, 7) is 7.31. The third-order valence-corrected chi connectivity index (χ3v) is 9.22. The summed E-state index contributed by atoms with van der Waals surface area (Å²) in [6.07, 6.45) is 10.6. The maximum Gasteiger partial charge on any atom is 0.0918 e. The van der Waals surface area contributed by atoms with Crippen LogP contribution >= 0.6 is 15.9 Å². The number of rotatable bonds is 2. The molecular weight excluding hydrogens is 312 g/mol. The molecule has 2 heteroatoms. The van der Waals surface area contributed by atoms with Crippen molar-refractivity contribution in [2.24, 2.45) is 0 Å². The van der Waals surface area contributed by atoms with Gasteiger partial charge in [0.1, 0.15) is 0 Å². The molecule has 1 aromatic carbocycles. The zero-order valence-electron chi connectivity index (χ0n) is 11.7. The molecule has 0 saturated heterocycles. The summed E-state index contributed by atoms with van der Waals surface area (Å²) in [5.41, 5.74) is 5.06. The fourth-order valence-electron chi connectivity index (χ4n) is 3.57. The molecule has 0 aromatic heterocycles. The molecule has 3 rings (SSSR count). The molecule has 0 spiro atoms. The van der Waals surface area contributed by atoms with Gasteiger partial charge in [0.25, 0.3) is 0 Å². The molecule has 0 nitrogen and oxygen atoms in total. The fraction of sp³-hybridized carbons (Fsp3) is 0.294. The van der Waals surface area contributed by atoms with Crippen LogP contribution in [-0.4, -0.2) is 8.07 Å². The fourth-order valence-corrected chi connectivity index (χ4v) is 7.85. The van der Waals surface area contributed by atoms with Gasteiger partial charge in [-0.05, 0) is 30.5 Å². The van der Waals surface area contributed by atoms with E-state index in [1.54, 1.807) is 5.20 Å². The van der Waals surface area contributed by atoms with E-state index in [1.165, 1.54) is 21.2 Å². The van der Waals surface area contributed by atoms with Crippen LogP contribution in [0.15, 0.2) is 51.7 Å². The van der Waals surface area contributed by atoms with Gasteiger partial charge in [0.2, 0.25) is 0 Å². The summed E-state index contributed by atoms with van der Waals surface area (Å²) in [5, 5.41) is 1.61. The van der Waals surface area contributed by atoms with Crippen molar-refractivity contribution in [2.75, 3.05) is 0 Å². The molecule has 1 atom stereocenters. The Labute approximate surface area is 125 Å². The second kappa shape index (κ2) is 4.60. The summed E-state index contributed by atoms with van der Waals surface area (Å²) in [4.78, 5) is 0. The smallest absolute Gasteiger partial charge is 0.0815 e. The molecule has 19 heavy (non-hydrogen) atoms. The van der Waals surface area contributed by atoms with E-state index in [9.17, 15) is 0 Å². The zero-order chi connectivity index (χ0) is 13.6. The van der Waals surface area contributed by atoms with Gasteiger partial charge in [-0.1, -0.05) is 76.2 Å². The zero-order valence-corrected chi connectivity index (χ0v) is 14.3. The van der Waals surface area contributed by atoms with Crippen molar-refractivity contribution in [1.29, 1.82) is 0 Å². The Morgan fingerprint density at radius 1 is 1.26 bits per heavy atom. The quantitative estimate of drug-likeness (QED) is 0.617. The summed E-state index contributed by atoms with van der Waals surface area (Å²) in [6, 6.07) is 6.63. The third-order valence-electron chi connectivity index (χ3n) is 4.46. The van der Waals surface area contributed by atoms with Crippen LogP contribution in [0.4, 0.5) is 0 Å². The maximum atomic E-state index is 3.69. The molecule has 0 saturated carbocycles. The standard InChI is InChI=1S/C17H19BrSi/c1-12-11-15-14(9-6-10-16(15)18)17(12)19(2,3)13-7-4-5-8-13/h4,6-11,17H,5H2,1-3H3. The topological polar surface area (TPSA) is 0 Å². The van der Waals surface area contributed by atoms with Crippen molar-refractivity contribution in [1.82, 2.24) is 0 Å². The van der Waals surface area contributed by atoms with E-state index in [2.05, 4.69) is 78.5 Å². The number of allylic oxidation sites excluding steroid dienone is 5. The highest BCUT2D eigenvalue weighted by atomic mass is 79.9. The highest BCUT2D eigenvalue weighted by molar-refractivity contribution is 9.10. The minimum atomic E-state index is -1.49. The molecule has 2 aliphatic rings. The Hall–Kier alpha value is -0.863. The van der Waals surface area contributed by atoms with E-state index in [0.29, 0.717) is 5.54 Å². The lowest BCUT2D eigenvalue weighted by molar-refractivity contribution is 1.07. The molecule has 1 unspecified atom stereocenters. The van der Waals surface area contributed by atoms with Gasteiger partial charge in [-0.3, -0.25) is 0 Å². The minimum absolute atomic E-state index is 0.619. The first kappa shape index (κ1) is 13.1. The second-order valence-electron chi connectivity index (χ2n) is 6.08. The number of benzene rings is 1. The summed E-state index contributed by atoms with van der Waals surface area (Å²) >= 11 is 3.69. The molecule has 0 fully saturated rings. The van der Waals surface area contributed by atoms with Crippen LogP contribution in [0.1, 0.15) is 30.0 Å². The average Bonchev–Trinajstić information content (AvgIpc) is 2.96. The molecule has 0 amide bonds. The Kier molecular flexibility index (Phi) is 3.18. The van der Waals surface area contributed by atoms with Crippen LogP contribution in [0.25, 0.3) is 6.08 Å². The number of fused-ring (bicyclic) bond motifs is 1. The van der Waals surface area contributed by atoms with Crippen molar-refractivity contribution < 1.29 is 0 Å². The van der Waals surface area contributed by atoms with E-state index in [0.717, 1.165) is 6.42 Å². The number of hydrogen-bond donors (Lipinski definition) is 0. The average molecular weight is 331 g/mol. The van der Waals surface area contributed by atoms with E-state index in [4.69, 9.17) is 0 Å². The lowest BCUT2D eigenvalue weighted by Gasteiger charge is -2.32. The van der Waals surface area contributed by atoms with Gasteiger partial charge in [0.15, 0.2) is 0 Å². The van der Waals surface area contributed by atoms with Crippen LogP contribution in [0.2, 0.25) is 13.1 Å². The van der Waals surface area contributed by atoms with Crippen LogP contribution in [-0.2, 0) is 0 Å². The van der Waals surface area contributed by atoms with E-state index < -0.39 is 8.07 Å². The van der Waals surface area contributed by atoms with Crippen LogP contribution < -0.4 is 0 Å².